The molecule has 1 amide bonds. The van der Waals surface area contributed by atoms with Crippen molar-refractivity contribution in [2.45, 2.75) is 38.1 Å². The summed E-state index contributed by atoms with van der Waals surface area (Å²) >= 11 is 5.87. The van der Waals surface area contributed by atoms with Crippen molar-refractivity contribution in [2.24, 2.45) is 4.99 Å². The number of carbonyl (C=O) groups excluding carboxylic acids is 1. The predicted molar refractivity (Wildman–Crippen MR) is 103 cm³/mol. The van der Waals surface area contributed by atoms with Gasteiger partial charge in [-0.2, -0.15) is 9.98 Å². The van der Waals surface area contributed by atoms with Crippen LogP contribution in [0.15, 0.2) is 47.5 Å². The van der Waals surface area contributed by atoms with E-state index in [4.69, 9.17) is 11.6 Å². The van der Waals surface area contributed by atoms with Crippen molar-refractivity contribution in [3.63, 3.8) is 0 Å². The Morgan fingerprint density at radius 3 is 2.54 bits per heavy atom. The summed E-state index contributed by atoms with van der Waals surface area (Å²) in [5.41, 5.74) is 0.305. The molecule has 0 bridgehead atoms. The maximum absolute atomic E-state index is 12.5. The lowest BCUT2D eigenvalue weighted by Gasteiger charge is -2.27. The standard InChI is InChI=1S/C19H21ClN4O2/c1-19(11-2-3-12-19)24-18(22-15-5-4-6-16(25)21-15)23-17(26)13-7-9-14(20)10-8-13/h4-10H,2-3,11-12H2,1H3,(H3,21,22,23,24,25,26). The van der Waals surface area contributed by atoms with Crippen molar-refractivity contribution >= 4 is 29.3 Å². The van der Waals surface area contributed by atoms with E-state index in [9.17, 15) is 9.90 Å². The minimum absolute atomic E-state index is 0.106. The number of pyridine rings is 1. The number of aromatic nitrogens is 1. The maximum atomic E-state index is 12.5. The van der Waals surface area contributed by atoms with Crippen LogP contribution in [0.4, 0.5) is 5.82 Å². The molecule has 1 saturated carbocycles. The summed E-state index contributed by atoms with van der Waals surface area (Å²) in [5, 5.41) is 16.5. The molecular weight excluding hydrogens is 352 g/mol. The molecule has 0 atom stereocenters. The Bertz CT molecular complexity index is 815. The van der Waals surface area contributed by atoms with Gasteiger partial charge in [-0.25, -0.2) is 0 Å². The number of halogens is 1. The highest BCUT2D eigenvalue weighted by Crippen LogP contribution is 2.29. The van der Waals surface area contributed by atoms with E-state index in [1.165, 1.54) is 6.07 Å². The number of aromatic hydroxyl groups is 1. The number of nitrogens with one attached hydrogen (secondary N) is 2. The molecule has 3 rings (SSSR count). The Morgan fingerprint density at radius 1 is 1.19 bits per heavy atom. The van der Waals surface area contributed by atoms with Gasteiger partial charge in [0.05, 0.1) is 0 Å². The third-order valence-corrected chi connectivity index (χ3v) is 4.66. The average molecular weight is 373 g/mol. The Labute approximate surface area is 157 Å². The van der Waals surface area contributed by atoms with Crippen molar-refractivity contribution < 1.29 is 9.90 Å². The second kappa shape index (κ2) is 7.74. The fourth-order valence-electron chi connectivity index (χ4n) is 3.03. The number of nitrogens with zero attached hydrogens (tertiary/aromatic N) is 2. The van der Waals surface area contributed by atoms with Gasteiger partial charge in [0.15, 0.2) is 0 Å². The highest BCUT2D eigenvalue weighted by Gasteiger charge is 2.30. The molecule has 1 aromatic carbocycles. The van der Waals surface area contributed by atoms with Crippen LogP contribution in [-0.4, -0.2) is 27.5 Å². The number of hydrogen-bond donors (Lipinski definition) is 3. The summed E-state index contributed by atoms with van der Waals surface area (Å²) in [6.07, 6.45) is 4.26. The van der Waals surface area contributed by atoms with Crippen molar-refractivity contribution in [1.82, 2.24) is 10.3 Å². The number of anilines is 1. The van der Waals surface area contributed by atoms with E-state index in [1.54, 1.807) is 36.4 Å². The van der Waals surface area contributed by atoms with Crippen LogP contribution >= 0.6 is 11.6 Å². The minimum Gasteiger partial charge on any atom is -0.493 e. The van der Waals surface area contributed by atoms with Gasteiger partial charge in [0.1, 0.15) is 5.82 Å². The number of aliphatic imine (C=N–C) groups is 1. The normalized spacial score (nSPS) is 16.3. The van der Waals surface area contributed by atoms with E-state index in [0.717, 1.165) is 25.7 Å². The summed E-state index contributed by atoms with van der Waals surface area (Å²) in [4.78, 5) is 20.7. The smallest absolute Gasteiger partial charge is 0.280 e. The number of benzene rings is 1. The molecule has 1 aliphatic carbocycles. The van der Waals surface area contributed by atoms with Crippen LogP contribution in [0.25, 0.3) is 0 Å². The largest absolute Gasteiger partial charge is 0.493 e. The lowest BCUT2D eigenvalue weighted by Crippen LogP contribution is -2.47. The summed E-state index contributed by atoms with van der Waals surface area (Å²) < 4.78 is 0. The zero-order chi connectivity index (χ0) is 18.6. The predicted octanol–water partition coefficient (Wildman–Crippen LogP) is 3.97. The SMILES string of the molecule is CC1(N/C(=N/C(=O)c2ccc(Cl)cc2)Nc2cccc(O)n2)CCCC1. The van der Waals surface area contributed by atoms with Crippen LogP contribution in [-0.2, 0) is 0 Å². The number of carbonyl (C=O) groups is 1. The molecule has 0 aliphatic heterocycles. The van der Waals surface area contributed by atoms with E-state index in [0.29, 0.717) is 22.4 Å². The van der Waals surface area contributed by atoms with E-state index < -0.39 is 5.91 Å². The quantitative estimate of drug-likeness (QED) is 0.560. The Hall–Kier alpha value is -2.60. The molecule has 0 radical (unpaired) electrons. The van der Waals surface area contributed by atoms with Crippen LogP contribution in [0.5, 0.6) is 5.88 Å². The third-order valence-electron chi connectivity index (χ3n) is 4.41. The van der Waals surface area contributed by atoms with E-state index >= 15 is 0 Å². The van der Waals surface area contributed by atoms with Crippen LogP contribution in [0, 0.1) is 0 Å². The molecule has 6 nitrogen and oxygen atoms in total. The summed E-state index contributed by atoms with van der Waals surface area (Å²) in [5.74, 6) is 0.220. The Balaban J connectivity index is 1.85. The molecule has 0 spiro atoms. The van der Waals surface area contributed by atoms with Gasteiger partial charge in [-0.05, 0) is 50.1 Å². The van der Waals surface area contributed by atoms with E-state index in [1.807, 2.05) is 0 Å². The summed E-state index contributed by atoms with van der Waals surface area (Å²) in [6.45, 7) is 2.11. The lowest BCUT2D eigenvalue weighted by molar-refractivity contribution is 0.100. The first-order valence-corrected chi connectivity index (χ1v) is 8.91. The van der Waals surface area contributed by atoms with Gasteiger partial charge in [0, 0.05) is 22.2 Å². The first-order chi connectivity index (χ1) is 12.4. The number of rotatable bonds is 3. The zero-order valence-corrected chi connectivity index (χ0v) is 15.3. The molecule has 1 fully saturated rings. The van der Waals surface area contributed by atoms with Gasteiger partial charge in [0.2, 0.25) is 11.8 Å². The van der Waals surface area contributed by atoms with Crippen molar-refractivity contribution in [1.29, 1.82) is 0 Å². The molecule has 26 heavy (non-hydrogen) atoms. The highest BCUT2D eigenvalue weighted by atomic mass is 35.5. The minimum atomic E-state index is -0.390. The first kappa shape index (κ1) is 18.2. The second-order valence-electron chi connectivity index (χ2n) is 6.67. The number of guanidine groups is 1. The molecular formula is C19H21ClN4O2. The van der Waals surface area contributed by atoms with Crippen molar-refractivity contribution in [2.75, 3.05) is 5.32 Å². The Morgan fingerprint density at radius 2 is 1.88 bits per heavy atom. The van der Waals surface area contributed by atoms with Crippen molar-refractivity contribution in [3.8, 4) is 5.88 Å². The number of hydrogen-bond acceptors (Lipinski definition) is 3. The summed E-state index contributed by atoms with van der Waals surface area (Å²) in [6, 6.07) is 11.4. The van der Waals surface area contributed by atoms with Gasteiger partial charge < -0.3 is 15.7 Å². The van der Waals surface area contributed by atoms with Crippen LogP contribution in [0.3, 0.4) is 0 Å². The second-order valence-corrected chi connectivity index (χ2v) is 7.11. The first-order valence-electron chi connectivity index (χ1n) is 8.53. The van der Waals surface area contributed by atoms with Crippen LogP contribution in [0.1, 0.15) is 43.0 Å². The average Bonchev–Trinajstić information content (AvgIpc) is 3.01. The molecule has 1 aromatic heterocycles. The molecule has 136 valence electrons. The molecule has 3 N–H and O–H groups in total. The fourth-order valence-corrected chi connectivity index (χ4v) is 3.15. The maximum Gasteiger partial charge on any atom is 0.280 e. The van der Waals surface area contributed by atoms with Gasteiger partial charge in [-0.1, -0.05) is 30.5 Å². The third kappa shape index (κ3) is 4.73. The molecule has 2 aromatic rings. The number of amides is 1. The Kier molecular flexibility index (Phi) is 5.42. The van der Waals surface area contributed by atoms with Crippen LogP contribution < -0.4 is 10.6 Å². The monoisotopic (exact) mass is 372 g/mol. The highest BCUT2D eigenvalue weighted by molar-refractivity contribution is 6.30. The molecule has 0 saturated heterocycles. The van der Waals surface area contributed by atoms with Gasteiger partial charge >= 0.3 is 0 Å². The molecule has 7 heteroatoms. The molecule has 1 heterocycles. The van der Waals surface area contributed by atoms with Crippen LogP contribution in [0.2, 0.25) is 5.02 Å². The van der Waals surface area contributed by atoms with Gasteiger partial charge in [-0.15, -0.1) is 0 Å². The van der Waals surface area contributed by atoms with E-state index in [2.05, 4.69) is 27.5 Å². The van der Waals surface area contributed by atoms with Gasteiger partial charge in [-0.3, -0.25) is 4.79 Å². The van der Waals surface area contributed by atoms with E-state index in [-0.39, 0.29) is 11.4 Å². The van der Waals surface area contributed by atoms with Crippen molar-refractivity contribution in [3.05, 3.63) is 53.1 Å². The summed E-state index contributed by atoms with van der Waals surface area (Å²) in [7, 11) is 0. The lowest BCUT2D eigenvalue weighted by atomic mass is 10.0. The zero-order valence-electron chi connectivity index (χ0n) is 14.5. The fraction of sp³-hybridized carbons (Fsp3) is 0.316. The molecule has 1 aliphatic rings. The van der Waals surface area contributed by atoms with Gasteiger partial charge in [0.25, 0.3) is 5.91 Å². The molecule has 0 unspecified atom stereocenters. The topological polar surface area (TPSA) is 86.6 Å².